The number of carbonyl (C=O) groups is 1. The van der Waals surface area contributed by atoms with Crippen molar-refractivity contribution in [3.63, 3.8) is 0 Å². The molecule has 0 heterocycles. The third-order valence-corrected chi connectivity index (χ3v) is 2.84. The van der Waals surface area contributed by atoms with E-state index in [-0.39, 0.29) is 19.1 Å². The Kier molecular flexibility index (Phi) is 7.00. The molecule has 6 nitrogen and oxygen atoms in total. The maximum Gasteiger partial charge on any atom is 0.233 e. The monoisotopic (exact) mass is 281 g/mol. The summed E-state index contributed by atoms with van der Waals surface area (Å²) in [6.45, 7) is 1.16. The van der Waals surface area contributed by atoms with Crippen molar-refractivity contribution in [3.8, 4) is 5.75 Å². The molecule has 0 aliphatic rings. The average molecular weight is 281 g/mol. The van der Waals surface area contributed by atoms with Gasteiger partial charge in [0.05, 0.1) is 6.54 Å². The third-order valence-electron chi connectivity index (χ3n) is 2.84. The van der Waals surface area contributed by atoms with Gasteiger partial charge >= 0.3 is 0 Å². The first-order valence-corrected chi connectivity index (χ1v) is 6.54. The predicted molar refractivity (Wildman–Crippen MR) is 77.4 cm³/mol. The van der Waals surface area contributed by atoms with Crippen molar-refractivity contribution in [1.82, 2.24) is 10.2 Å². The van der Waals surface area contributed by atoms with E-state index in [9.17, 15) is 9.90 Å². The van der Waals surface area contributed by atoms with Crippen molar-refractivity contribution in [2.24, 2.45) is 5.73 Å². The topological polar surface area (TPSA) is 87.8 Å². The Bertz CT molecular complexity index is 426. The summed E-state index contributed by atoms with van der Waals surface area (Å²) in [7, 11) is 3.35. The first-order valence-electron chi connectivity index (χ1n) is 6.54. The van der Waals surface area contributed by atoms with Gasteiger partial charge in [-0.25, -0.2) is 0 Å². The molecule has 0 spiro atoms. The zero-order valence-electron chi connectivity index (χ0n) is 12.0. The van der Waals surface area contributed by atoms with Crippen molar-refractivity contribution in [3.05, 3.63) is 29.8 Å². The fourth-order valence-corrected chi connectivity index (χ4v) is 1.80. The summed E-state index contributed by atoms with van der Waals surface area (Å²) >= 11 is 0. The lowest BCUT2D eigenvalue weighted by Crippen LogP contribution is -2.39. The number of hydrogen-bond acceptors (Lipinski definition) is 5. The number of hydrogen-bond donors (Lipinski definition) is 3. The molecule has 0 saturated carbocycles. The van der Waals surface area contributed by atoms with E-state index in [0.717, 1.165) is 5.56 Å². The minimum absolute atomic E-state index is 0.0888. The molecule has 1 amide bonds. The SMILES string of the molecule is CNC(=O)CN(C)CC(O)COc1ccccc1CN. The number of amides is 1. The molecule has 1 aromatic carbocycles. The smallest absolute Gasteiger partial charge is 0.233 e. The van der Waals surface area contributed by atoms with Crippen LogP contribution in [0.2, 0.25) is 0 Å². The molecule has 0 saturated heterocycles. The van der Waals surface area contributed by atoms with Crippen LogP contribution in [0.3, 0.4) is 0 Å². The highest BCUT2D eigenvalue weighted by atomic mass is 16.5. The van der Waals surface area contributed by atoms with Crippen molar-refractivity contribution in [1.29, 1.82) is 0 Å². The number of aliphatic hydroxyl groups is 1. The molecule has 20 heavy (non-hydrogen) atoms. The minimum atomic E-state index is -0.671. The second-order valence-corrected chi connectivity index (χ2v) is 4.65. The molecule has 1 aromatic rings. The number of nitrogens with two attached hydrogens (primary N) is 1. The number of likely N-dealkylation sites (N-methyl/N-ethyl adjacent to an activating group) is 2. The van der Waals surface area contributed by atoms with Crippen molar-refractivity contribution >= 4 is 5.91 Å². The summed E-state index contributed by atoms with van der Waals surface area (Å²) in [6.07, 6.45) is -0.671. The normalized spacial score (nSPS) is 12.2. The van der Waals surface area contributed by atoms with E-state index in [1.165, 1.54) is 0 Å². The number of aliphatic hydroxyl groups excluding tert-OH is 1. The summed E-state index contributed by atoms with van der Waals surface area (Å²) in [4.78, 5) is 12.9. The van der Waals surface area contributed by atoms with E-state index in [1.54, 1.807) is 19.0 Å². The molecule has 1 atom stereocenters. The number of carbonyl (C=O) groups excluding carboxylic acids is 1. The second-order valence-electron chi connectivity index (χ2n) is 4.65. The van der Waals surface area contributed by atoms with Crippen LogP contribution in [-0.2, 0) is 11.3 Å². The molecule has 0 aromatic heterocycles. The van der Waals surface area contributed by atoms with Crippen LogP contribution in [0.25, 0.3) is 0 Å². The van der Waals surface area contributed by atoms with Gasteiger partial charge in [-0.15, -0.1) is 0 Å². The molecular formula is C14H23N3O3. The summed E-state index contributed by atoms with van der Waals surface area (Å²) < 4.78 is 5.56. The highest BCUT2D eigenvalue weighted by Crippen LogP contribution is 2.17. The lowest BCUT2D eigenvalue weighted by molar-refractivity contribution is -0.121. The maximum absolute atomic E-state index is 11.2. The molecule has 4 N–H and O–H groups in total. The van der Waals surface area contributed by atoms with E-state index >= 15 is 0 Å². The van der Waals surface area contributed by atoms with Crippen molar-refractivity contribution in [2.45, 2.75) is 12.6 Å². The molecule has 1 unspecified atom stereocenters. The molecule has 0 fully saturated rings. The van der Waals surface area contributed by atoms with Crippen molar-refractivity contribution < 1.29 is 14.6 Å². The second kappa shape index (κ2) is 8.52. The fourth-order valence-electron chi connectivity index (χ4n) is 1.80. The summed E-state index contributed by atoms with van der Waals surface area (Å²) in [5, 5.41) is 12.4. The zero-order chi connectivity index (χ0) is 15.0. The Morgan fingerprint density at radius 2 is 2.20 bits per heavy atom. The van der Waals surface area contributed by atoms with E-state index in [2.05, 4.69) is 5.32 Å². The Hall–Kier alpha value is -1.63. The first kappa shape index (κ1) is 16.4. The Morgan fingerprint density at radius 3 is 2.85 bits per heavy atom. The lowest BCUT2D eigenvalue weighted by Gasteiger charge is -2.20. The van der Waals surface area contributed by atoms with Crippen LogP contribution in [0.4, 0.5) is 0 Å². The fraction of sp³-hybridized carbons (Fsp3) is 0.500. The van der Waals surface area contributed by atoms with Crippen LogP contribution in [0.1, 0.15) is 5.56 Å². The van der Waals surface area contributed by atoms with E-state index < -0.39 is 6.10 Å². The third kappa shape index (κ3) is 5.56. The van der Waals surface area contributed by atoms with Crippen LogP contribution >= 0.6 is 0 Å². The number of nitrogens with one attached hydrogen (secondary N) is 1. The van der Waals surface area contributed by atoms with Crippen LogP contribution in [0, 0.1) is 0 Å². The van der Waals surface area contributed by atoms with Gasteiger partial charge in [0.15, 0.2) is 0 Å². The van der Waals surface area contributed by atoms with Gasteiger partial charge in [0.1, 0.15) is 18.5 Å². The van der Waals surface area contributed by atoms with Crippen LogP contribution in [0.5, 0.6) is 5.75 Å². The minimum Gasteiger partial charge on any atom is -0.491 e. The zero-order valence-corrected chi connectivity index (χ0v) is 12.0. The van der Waals surface area contributed by atoms with Gasteiger partial charge in [0, 0.05) is 25.7 Å². The maximum atomic E-state index is 11.2. The number of benzene rings is 1. The Balaban J connectivity index is 2.39. The van der Waals surface area contributed by atoms with Gasteiger partial charge < -0.3 is 20.9 Å². The number of para-hydroxylation sites is 1. The van der Waals surface area contributed by atoms with E-state index in [1.807, 2.05) is 24.3 Å². The van der Waals surface area contributed by atoms with E-state index in [0.29, 0.717) is 18.8 Å². The molecule has 0 aliphatic carbocycles. The van der Waals surface area contributed by atoms with Crippen LogP contribution in [-0.4, -0.2) is 55.8 Å². The van der Waals surface area contributed by atoms with E-state index in [4.69, 9.17) is 10.5 Å². The highest BCUT2D eigenvalue weighted by molar-refractivity contribution is 5.77. The number of rotatable bonds is 8. The predicted octanol–water partition coefficient (Wildman–Crippen LogP) is -0.437. The van der Waals surface area contributed by atoms with Gasteiger partial charge in [0.2, 0.25) is 5.91 Å². The average Bonchev–Trinajstić information content (AvgIpc) is 2.45. The van der Waals surface area contributed by atoms with Gasteiger partial charge in [0.25, 0.3) is 0 Å². The molecule has 0 radical (unpaired) electrons. The first-order chi connectivity index (χ1) is 9.56. The molecular weight excluding hydrogens is 258 g/mol. The highest BCUT2D eigenvalue weighted by Gasteiger charge is 2.12. The summed E-state index contributed by atoms with van der Waals surface area (Å²) in [6, 6.07) is 7.46. The quantitative estimate of drug-likeness (QED) is 0.601. The van der Waals surface area contributed by atoms with Crippen LogP contribution in [0.15, 0.2) is 24.3 Å². The molecule has 112 valence electrons. The lowest BCUT2D eigenvalue weighted by atomic mass is 10.2. The van der Waals surface area contributed by atoms with Gasteiger partial charge in [-0.3, -0.25) is 9.69 Å². The summed E-state index contributed by atoms with van der Waals surface area (Å²) in [5.41, 5.74) is 6.51. The number of nitrogens with zero attached hydrogens (tertiary/aromatic N) is 1. The van der Waals surface area contributed by atoms with Crippen molar-refractivity contribution in [2.75, 3.05) is 33.8 Å². The van der Waals surface area contributed by atoms with Gasteiger partial charge in [-0.1, -0.05) is 18.2 Å². The van der Waals surface area contributed by atoms with Crippen LogP contribution < -0.4 is 15.8 Å². The molecule has 1 rings (SSSR count). The summed E-state index contributed by atoms with van der Waals surface area (Å²) in [5.74, 6) is 0.595. The Morgan fingerprint density at radius 1 is 1.50 bits per heavy atom. The largest absolute Gasteiger partial charge is 0.491 e. The number of ether oxygens (including phenoxy) is 1. The molecule has 0 aliphatic heterocycles. The molecule has 0 bridgehead atoms. The van der Waals surface area contributed by atoms with Gasteiger partial charge in [-0.05, 0) is 13.1 Å². The standard InChI is InChI=1S/C14H23N3O3/c1-16-14(19)9-17(2)8-12(18)10-20-13-6-4-3-5-11(13)7-15/h3-6,12,18H,7-10,15H2,1-2H3,(H,16,19). The molecule has 6 heteroatoms. The Labute approximate surface area is 119 Å². The van der Waals surface area contributed by atoms with Gasteiger partial charge in [-0.2, -0.15) is 0 Å².